The lowest BCUT2D eigenvalue weighted by Crippen LogP contribution is -2.13. The molecule has 4 N–H and O–H groups in total. The minimum Gasteiger partial charge on any atom is -0.339 e. The maximum Gasteiger partial charge on any atom is 0.148 e. The molecular weight excluding hydrogens is 320 g/mol. The van der Waals surface area contributed by atoms with Crippen LogP contribution in [-0.2, 0) is 6.42 Å². The Morgan fingerprint density at radius 1 is 1.35 bits per heavy atom. The molecule has 0 radical (unpaired) electrons. The van der Waals surface area contributed by atoms with E-state index in [-0.39, 0.29) is 0 Å². The molecule has 0 aliphatic rings. The summed E-state index contributed by atoms with van der Waals surface area (Å²) in [6.45, 7) is 1.98. The highest BCUT2D eigenvalue weighted by Crippen LogP contribution is 2.27. The molecule has 0 saturated carbocycles. The first-order chi connectivity index (χ1) is 9.69. The monoisotopic (exact) mass is 332 g/mol. The summed E-state index contributed by atoms with van der Waals surface area (Å²) in [5.74, 6) is 6.64. The van der Waals surface area contributed by atoms with E-state index in [1.807, 2.05) is 19.1 Å². The second-order valence-electron chi connectivity index (χ2n) is 3.97. The van der Waals surface area contributed by atoms with Crippen LogP contribution in [0.1, 0.15) is 18.1 Å². The van der Waals surface area contributed by atoms with Gasteiger partial charge in [0.05, 0.1) is 11.3 Å². The van der Waals surface area contributed by atoms with Crippen molar-refractivity contribution in [3.63, 3.8) is 0 Å². The fourth-order valence-electron chi connectivity index (χ4n) is 1.82. The normalized spacial score (nSPS) is 9.90. The van der Waals surface area contributed by atoms with Crippen molar-refractivity contribution in [2.75, 3.05) is 10.7 Å². The SMILES string of the molecule is CCc1c(NN)ncnc1Nc1cc(Br)ccc1C#N. The molecule has 7 heteroatoms. The highest BCUT2D eigenvalue weighted by molar-refractivity contribution is 9.10. The number of nitrogen functional groups attached to an aromatic ring is 1. The summed E-state index contributed by atoms with van der Waals surface area (Å²) in [7, 11) is 0. The molecule has 0 unspecified atom stereocenters. The van der Waals surface area contributed by atoms with E-state index >= 15 is 0 Å². The third kappa shape index (κ3) is 2.87. The fraction of sp³-hybridized carbons (Fsp3) is 0.154. The summed E-state index contributed by atoms with van der Waals surface area (Å²) >= 11 is 3.39. The highest BCUT2D eigenvalue weighted by Gasteiger charge is 2.11. The van der Waals surface area contributed by atoms with Crippen molar-refractivity contribution in [2.24, 2.45) is 5.84 Å². The molecule has 0 spiro atoms. The Morgan fingerprint density at radius 3 is 2.75 bits per heavy atom. The van der Waals surface area contributed by atoms with E-state index in [9.17, 15) is 0 Å². The fourth-order valence-corrected chi connectivity index (χ4v) is 2.19. The van der Waals surface area contributed by atoms with Gasteiger partial charge in [0, 0.05) is 10.0 Å². The molecule has 0 aliphatic carbocycles. The molecule has 0 atom stereocenters. The maximum absolute atomic E-state index is 9.14. The summed E-state index contributed by atoms with van der Waals surface area (Å²) in [6, 6.07) is 7.53. The number of rotatable bonds is 4. The van der Waals surface area contributed by atoms with Crippen LogP contribution in [0.5, 0.6) is 0 Å². The van der Waals surface area contributed by atoms with Crippen LogP contribution in [0.4, 0.5) is 17.3 Å². The first-order valence-electron chi connectivity index (χ1n) is 5.96. The molecule has 102 valence electrons. The number of aromatic nitrogens is 2. The minimum atomic E-state index is 0.538. The van der Waals surface area contributed by atoms with E-state index in [0.717, 1.165) is 10.0 Å². The molecule has 2 aromatic rings. The molecule has 0 saturated heterocycles. The van der Waals surface area contributed by atoms with E-state index in [2.05, 4.69) is 42.7 Å². The van der Waals surface area contributed by atoms with Crippen molar-refractivity contribution in [1.29, 1.82) is 5.26 Å². The molecule has 0 bridgehead atoms. The van der Waals surface area contributed by atoms with Crippen LogP contribution in [0.25, 0.3) is 0 Å². The first-order valence-corrected chi connectivity index (χ1v) is 6.76. The predicted octanol–water partition coefficient (Wildman–Crippen LogP) is 2.70. The Balaban J connectivity index is 2.45. The number of hydrazine groups is 1. The molecular formula is C13H13BrN6. The van der Waals surface area contributed by atoms with Gasteiger partial charge in [-0.05, 0) is 24.6 Å². The van der Waals surface area contributed by atoms with Crippen molar-refractivity contribution in [1.82, 2.24) is 9.97 Å². The minimum absolute atomic E-state index is 0.538. The van der Waals surface area contributed by atoms with Gasteiger partial charge in [-0.25, -0.2) is 15.8 Å². The number of nitrogens with two attached hydrogens (primary N) is 1. The second-order valence-corrected chi connectivity index (χ2v) is 4.89. The summed E-state index contributed by atoms with van der Waals surface area (Å²) in [5.41, 5.74) is 4.62. The summed E-state index contributed by atoms with van der Waals surface area (Å²) < 4.78 is 0.878. The standard InChI is InChI=1S/C13H13BrN6/c1-2-10-12(17-7-18-13(10)20-16)19-11-5-9(14)4-3-8(11)6-15/h3-5,7H,2,16H2,1H3,(H2,17,18,19,20). The molecule has 0 amide bonds. The summed E-state index contributed by atoms with van der Waals surface area (Å²) in [6.07, 6.45) is 2.12. The van der Waals surface area contributed by atoms with Crippen LogP contribution in [-0.4, -0.2) is 9.97 Å². The molecule has 2 rings (SSSR count). The van der Waals surface area contributed by atoms with Gasteiger partial charge in [-0.3, -0.25) is 0 Å². The quantitative estimate of drug-likeness (QED) is 0.588. The van der Waals surface area contributed by atoms with Crippen molar-refractivity contribution in [3.05, 3.63) is 40.1 Å². The summed E-state index contributed by atoms with van der Waals surface area (Å²) in [4.78, 5) is 8.28. The van der Waals surface area contributed by atoms with Crippen LogP contribution in [0, 0.1) is 11.3 Å². The topological polar surface area (TPSA) is 99.7 Å². The van der Waals surface area contributed by atoms with Crippen LogP contribution in [0.15, 0.2) is 29.0 Å². The number of hydrogen-bond acceptors (Lipinski definition) is 6. The number of nitrogens with zero attached hydrogens (tertiary/aromatic N) is 3. The molecule has 1 aromatic heterocycles. The predicted molar refractivity (Wildman–Crippen MR) is 81.4 cm³/mol. The van der Waals surface area contributed by atoms with Gasteiger partial charge in [0.25, 0.3) is 0 Å². The third-order valence-electron chi connectivity index (χ3n) is 2.79. The number of nitriles is 1. The Hall–Kier alpha value is -2.17. The molecule has 1 heterocycles. The molecule has 0 fully saturated rings. The number of anilines is 3. The second kappa shape index (κ2) is 6.32. The van der Waals surface area contributed by atoms with Crippen molar-refractivity contribution in [3.8, 4) is 6.07 Å². The zero-order valence-corrected chi connectivity index (χ0v) is 12.4. The third-order valence-corrected chi connectivity index (χ3v) is 3.28. The maximum atomic E-state index is 9.14. The Kier molecular flexibility index (Phi) is 4.50. The summed E-state index contributed by atoms with van der Waals surface area (Å²) in [5, 5.41) is 12.3. The van der Waals surface area contributed by atoms with Gasteiger partial charge in [-0.15, -0.1) is 0 Å². The van der Waals surface area contributed by atoms with Gasteiger partial charge in [-0.2, -0.15) is 5.26 Å². The Bertz CT molecular complexity index is 664. The molecule has 0 aliphatic heterocycles. The van der Waals surface area contributed by atoms with Gasteiger partial charge < -0.3 is 10.7 Å². The lowest BCUT2D eigenvalue weighted by molar-refractivity contribution is 1.04. The van der Waals surface area contributed by atoms with Gasteiger partial charge in [-0.1, -0.05) is 22.9 Å². The largest absolute Gasteiger partial charge is 0.339 e. The lowest BCUT2D eigenvalue weighted by atomic mass is 10.1. The number of halogens is 1. The lowest BCUT2D eigenvalue weighted by Gasteiger charge is -2.13. The smallest absolute Gasteiger partial charge is 0.148 e. The van der Waals surface area contributed by atoms with Crippen molar-refractivity contribution in [2.45, 2.75) is 13.3 Å². The number of benzene rings is 1. The van der Waals surface area contributed by atoms with Gasteiger partial charge in [0.15, 0.2) is 0 Å². The average Bonchev–Trinajstić information content (AvgIpc) is 2.47. The molecule has 1 aromatic carbocycles. The van der Waals surface area contributed by atoms with Crippen molar-refractivity contribution < 1.29 is 0 Å². The van der Waals surface area contributed by atoms with E-state index in [0.29, 0.717) is 29.3 Å². The first kappa shape index (κ1) is 14.2. The number of hydrogen-bond donors (Lipinski definition) is 3. The van der Waals surface area contributed by atoms with Crippen LogP contribution >= 0.6 is 15.9 Å². The number of nitrogens with one attached hydrogen (secondary N) is 2. The zero-order valence-electron chi connectivity index (χ0n) is 10.8. The zero-order chi connectivity index (χ0) is 14.5. The highest BCUT2D eigenvalue weighted by atomic mass is 79.9. The van der Waals surface area contributed by atoms with Gasteiger partial charge in [0.1, 0.15) is 24.0 Å². The van der Waals surface area contributed by atoms with Crippen LogP contribution in [0.2, 0.25) is 0 Å². The van der Waals surface area contributed by atoms with E-state index < -0.39 is 0 Å². The Morgan fingerprint density at radius 2 is 2.10 bits per heavy atom. The van der Waals surface area contributed by atoms with Crippen LogP contribution < -0.4 is 16.6 Å². The molecule has 20 heavy (non-hydrogen) atoms. The average molecular weight is 333 g/mol. The van der Waals surface area contributed by atoms with Crippen LogP contribution in [0.3, 0.4) is 0 Å². The Labute approximate surface area is 125 Å². The van der Waals surface area contributed by atoms with E-state index in [1.165, 1.54) is 6.33 Å². The van der Waals surface area contributed by atoms with Gasteiger partial charge in [0.2, 0.25) is 0 Å². The molecule has 6 nitrogen and oxygen atoms in total. The van der Waals surface area contributed by atoms with Gasteiger partial charge >= 0.3 is 0 Å². The van der Waals surface area contributed by atoms with E-state index in [1.54, 1.807) is 6.07 Å². The van der Waals surface area contributed by atoms with Crippen molar-refractivity contribution >= 4 is 33.3 Å². The van der Waals surface area contributed by atoms with E-state index in [4.69, 9.17) is 11.1 Å².